The molecule has 84 valence electrons. The van der Waals surface area contributed by atoms with Gasteiger partial charge in [-0.1, -0.05) is 18.2 Å². The Morgan fingerprint density at radius 2 is 2.06 bits per heavy atom. The van der Waals surface area contributed by atoms with Crippen LogP contribution in [0.1, 0.15) is 12.0 Å². The van der Waals surface area contributed by atoms with Crippen LogP contribution in [0.5, 0.6) is 0 Å². The maximum atomic E-state index is 12.5. The van der Waals surface area contributed by atoms with Crippen LogP contribution in [0.15, 0.2) is 30.3 Å². The van der Waals surface area contributed by atoms with E-state index < -0.39 is 6.43 Å². The van der Waals surface area contributed by atoms with Gasteiger partial charge in [0.15, 0.2) is 0 Å². The lowest BCUT2D eigenvalue weighted by Crippen LogP contribution is -1.96. The van der Waals surface area contributed by atoms with E-state index >= 15 is 0 Å². The number of nitrogen functional groups attached to an aromatic ring is 1. The predicted octanol–water partition coefficient (Wildman–Crippen LogP) is 2.61. The molecule has 0 amide bonds. The van der Waals surface area contributed by atoms with Crippen molar-refractivity contribution in [2.45, 2.75) is 6.43 Å². The van der Waals surface area contributed by atoms with E-state index in [0.29, 0.717) is 17.1 Å². The van der Waals surface area contributed by atoms with Gasteiger partial charge >= 0.3 is 0 Å². The summed E-state index contributed by atoms with van der Waals surface area (Å²) in [5, 5.41) is 4.13. The molecule has 3 nitrogen and oxygen atoms in total. The minimum atomic E-state index is -2.47. The van der Waals surface area contributed by atoms with Crippen molar-refractivity contribution in [3.63, 3.8) is 0 Å². The van der Waals surface area contributed by atoms with E-state index in [2.05, 4.69) is 5.10 Å². The van der Waals surface area contributed by atoms with E-state index in [1.165, 1.54) is 16.8 Å². The van der Waals surface area contributed by atoms with Gasteiger partial charge in [0.25, 0.3) is 6.43 Å². The molecule has 0 radical (unpaired) electrons. The maximum absolute atomic E-state index is 12.5. The number of alkyl halides is 2. The molecule has 2 rings (SSSR count). The summed E-state index contributed by atoms with van der Waals surface area (Å²) in [5.74, 6) is 0.498. The van der Waals surface area contributed by atoms with Gasteiger partial charge in [-0.25, -0.2) is 8.78 Å². The van der Waals surface area contributed by atoms with Crippen LogP contribution in [0, 0.1) is 0 Å². The Bertz CT molecular complexity index is 486. The molecule has 2 aromatic rings. The number of aromatic nitrogens is 2. The van der Waals surface area contributed by atoms with Crippen molar-refractivity contribution in [2.75, 3.05) is 5.73 Å². The topological polar surface area (TPSA) is 43.8 Å². The molecule has 0 saturated heterocycles. The average Bonchev–Trinajstić information content (AvgIpc) is 2.59. The Labute approximate surface area is 91.5 Å². The third kappa shape index (κ3) is 1.88. The molecule has 1 aromatic heterocycles. The van der Waals surface area contributed by atoms with E-state index in [1.807, 2.05) is 0 Å². The zero-order valence-electron chi connectivity index (χ0n) is 8.69. The number of nitrogens with two attached hydrogens (primary N) is 1. The largest absolute Gasteiger partial charge is 0.384 e. The molecular weight excluding hydrogens is 212 g/mol. The zero-order valence-corrected chi connectivity index (χ0v) is 8.69. The lowest BCUT2D eigenvalue weighted by atomic mass is 10.1. The first-order valence-corrected chi connectivity index (χ1v) is 4.76. The fourth-order valence-corrected chi connectivity index (χ4v) is 1.46. The minimum absolute atomic E-state index is 0.0123. The van der Waals surface area contributed by atoms with Crippen LogP contribution in [0.2, 0.25) is 0 Å². The van der Waals surface area contributed by atoms with Crippen molar-refractivity contribution in [2.24, 2.45) is 7.05 Å². The van der Waals surface area contributed by atoms with Crippen molar-refractivity contribution in [3.8, 4) is 11.3 Å². The van der Waals surface area contributed by atoms with Crippen molar-refractivity contribution >= 4 is 5.82 Å². The summed E-state index contributed by atoms with van der Waals surface area (Å²) in [5.41, 5.74) is 6.86. The highest BCUT2D eigenvalue weighted by atomic mass is 19.3. The Morgan fingerprint density at radius 3 is 2.62 bits per heavy atom. The second kappa shape index (κ2) is 3.92. The van der Waals surface area contributed by atoms with Gasteiger partial charge in [0.2, 0.25) is 0 Å². The summed E-state index contributed by atoms with van der Waals surface area (Å²) in [7, 11) is 1.70. The van der Waals surface area contributed by atoms with Crippen LogP contribution >= 0.6 is 0 Å². The molecule has 1 aromatic carbocycles. The first-order valence-electron chi connectivity index (χ1n) is 4.76. The molecule has 1 heterocycles. The monoisotopic (exact) mass is 223 g/mol. The molecule has 5 heteroatoms. The number of benzene rings is 1. The zero-order chi connectivity index (χ0) is 11.7. The van der Waals surface area contributed by atoms with E-state index in [9.17, 15) is 8.78 Å². The van der Waals surface area contributed by atoms with Crippen molar-refractivity contribution in [1.29, 1.82) is 0 Å². The molecule has 0 spiro atoms. The maximum Gasteiger partial charge on any atom is 0.263 e. The van der Waals surface area contributed by atoms with Gasteiger partial charge in [-0.15, -0.1) is 0 Å². The molecule has 0 atom stereocenters. The highest BCUT2D eigenvalue weighted by Gasteiger charge is 2.10. The normalized spacial score (nSPS) is 11.0. The van der Waals surface area contributed by atoms with E-state index in [1.54, 1.807) is 25.2 Å². The molecular formula is C11H11F2N3. The summed E-state index contributed by atoms with van der Waals surface area (Å²) >= 11 is 0. The van der Waals surface area contributed by atoms with Gasteiger partial charge in [0.1, 0.15) is 5.82 Å². The van der Waals surface area contributed by atoms with Gasteiger partial charge in [-0.3, -0.25) is 4.68 Å². The number of aryl methyl sites for hydroxylation is 1. The number of hydrogen-bond acceptors (Lipinski definition) is 2. The third-order valence-corrected chi connectivity index (χ3v) is 2.35. The highest BCUT2D eigenvalue weighted by Crippen LogP contribution is 2.25. The Kier molecular flexibility index (Phi) is 2.60. The molecule has 2 N–H and O–H groups in total. The van der Waals surface area contributed by atoms with Crippen molar-refractivity contribution < 1.29 is 8.78 Å². The lowest BCUT2D eigenvalue weighted by Gasteiger charge is -2.01. The fraction of sp³-hybridized carbons (Fsp3) is 0.182. The first-order chi connectivity index (χ1) is 7.58. The Balaban J connectivity index is 2.44. The smallest absolute Gasteiger partial charge is 0.263 e. The fourth-order valence-electron chi connectivity index (χ4n) is 1.46. The number of halogens is 2. The number of hydrogen-bond donors (Lipinski definition) is 1. The summed E-state index contributed by atoms with van der Waals surface area (Å²) in [4.78, 5) is 0. The summed E-state index contributed by atoms with van der Waals surface area (Å²) in [6.07, 6.45) is -2.47. The summed E-state index contributed by atoms with van der Waals surface area (Å²) in [6.45, 7) is 0. The number of anilines is 1. The van der Waals surface area contributed by atoms with Crippen molar-refractivity contribution in [3.05, 3.63) is 35.9 Å². The van der Waals surface area contributed by atoms with Crippen molar-refractivity contribution in [1.82, 2.24) is 9.78 Å². The molecule has 0 bridgehead atoms. The molecule has 16 heavy (non-hydrogen) atoms. The quantitative estimate of drug-likeness (QED) is 0.850. The molecule has 0 fully saturated rings. The predicted molar refractivity (Wildman–Crippen MR) is 58.0 cm³/mol. The number of rotatable bonds is 2. The van der Waals surface area contributed by atoms with Gasteiger partial charge in [0, 0.05) is 24.2 Å². The Morgan fingerprint density at radius 1 is 1.31 bits per heavy atom. The van der Waals surface area contributed by atoms with E-state index in [0.717, 1.165) is 0 Å². The molecule has 0 aliphatic rings. The van der Waals surface area contributed by atoms with Gasteiger partial charge in [0.05, 0.1) is 5.69 Å². The van der Waals surface area contributed by atoms with Gasteiger partial charge in [-0.05, 0) is 6.07 Å². The van der Waals surface area contributed by atoms with Crippen LogP contribution in [-0.2, 0) is 7.05 Å². The standard InChI is InChI=1S/C11H11F2N3/c1-16-10(14)6-9(15-16)7-3-2-4-8(5-7)11(12)13/h2-6,11H,14H2,1H3. The van der Waals surface area contributed by atoms with Crippen LogP contribution < -0.4 is 5.73 Å². The van der Waals surface area contributed by atoms with Gasteiger partial charge < -0.3 is 5.73 Å². The highest BCUT2D eigenvalue weighted by molar-refractivity contribution is 5.63. The average molecular weight is 223 g/mol. The SMILES string of the molecule is Cn1nc(-c2cccc(C(F)F)c2)cc1N. The molecule has 0 aliphatic carbocycles. The van der Waals surface area contributed by atoms with E-state index in [-0.39, 0.29) is 5.56 Å². The van der Waals surface area contributed by atoms with Crippen LogP contribution in [-0.4, -0.2) is 9.78 Å². The van der Waals surface area contributed by atoms with Gasteiger partial charge in [-0.2, -0.15) is 5.10 Å². The van der Waals surface area contributed by atoms with E-state index in [4.69, 9.17) is 5.73 Å². The minimum Gasteiger partial charge on any atom is -0.384 e. The van der Waals surface area contributed by atoms with Crippen LogP contribution in [0.3, 0.4) is 0 Å². The number of nitrogens with zero attached hydrogens (tertiary/aromatic N) is 2. The molecule has 0 saturated carbocycles. The summed E-state index contributed by atoms with van der Waals surface area (Å²) < 4.78 is 26.5. The second-order valence-electron chi connectivity index (χ2n) is 3.50. The summed E-state index contributed by atoms with van der Waals surface area (Å²) in [6, 6.07) is 7.78. The van der Waals surface area contributed by atoms with Crippen LogP contribution in [0.4, 0.5) is 14.6 Å². The second-order valence-corrected chi connectivity index (χ2v) is 3.50. The lowest BCUT2D eigenvalue weighted by molar-refractivity contribution is 0.151. The van der Waals surface area contributed by atoms with Crippen LogP contribution in [0.25, 0.3) is 11.3 Å². The first kappa shape index (κ1) is 10.6. The third-order valence-electron chi connectivity index (χ3n) is 2.35. The Hall–Kier alpha value is -1.91. The molecule has 0 aliphatic heterocycles. The molecule has 0 unspecified atom stereocenters.